The quantitative estimate of drug-likeness (QED) is 0.923. The van der Waals surface area contributed by atoms with Crippen molar-refractivity contribution in [2.24, 2.45) is 0 Å². The van der Waals surface area contributed by atoms with Crippen molar-refractivity contribution in [3.8, 4) is 9.88 Å². The van der Waals surface area contributed by atoms with E-state index in [1.807, 2.05) is 6.07 Å². The van der Waals surface area contributed by atoms with Crippen molar-refractivity contribution in [2.75, 3.05) is 0 Å². The van der Waals surface area contributed by atoms with E-state index in [2.05, 4.69) is 20.9 Å². The van der Waals surface area contributed by atoms with Crippen molar-refractivity contribution < 1.29 is 9.90 Å². The second-order valence-corrected chi connectivity index (χ2v) is 6.31. The number of hydrogen-bond donors (Lipinski definition) is 1. The standard InChI is InChI=1S/C9H5BrClNO2S2/c10-5-2-6(16-8(5)11)9-12-4(3-15-9)1-7(13)14/h2-3H,1H2,(H,13,14). The Morgan fingerprint density at radius 1 is 1.62 bits per heavy atom. The summed E-state index contributed by atoms with van der Waals surface area (Å²) in [6.45, 7) is 0. The molecule has 0 bridgehead atoms. The molecule has 2 rings (SSSR count). The fourth-order valence-electron chi connectivity index (χ4n) is 1.11. The first-order valence-corrected chi connectivity index (χ1v) is 7.04. The van der Waals surface area contributed by atoms with Gasteiger partial charge in [-0.25, -0.2) is 4.98 Å². The Bertz CT molecular complexity index is 518. The van der Waals surface area contributed by atoms with Crippen LogP contribution in [0.5, 0.6) is 0 Å². The van der Waals surface area contributed by atoms with E-state index < -0.39 is 5.97 Å². The van der Waals surface area contributed by atoms with E-state index >= 15 is 0 Å². The van der Waals surface area contributed by atoms with Crippen LogP contribution < -0.4 is 0 Å². The van der Waals surface area contributed by atoms with Crippen LogP contribution in [0.4, 0.5) is 0 Å². The van der Waals surface area contributed by atoms with Gasteiger partial charge in [0, 0.05) is 9.85 Å². The van der Waals surface area contributed by atoms with Crippen LogP contribution in [0.2, 0.25) is 4.34 Å². The van der Waals surface area contributed by atoms with Crippen LogP contribution >= 0.6 is 50.2 Å². The molecule has 0 atom stereocenters. The smallest absolute Gasteiger partial charge is 0.309 e. The molecular weight excluding hydrogens is 334 g/mol. The lowest BCUT2D eigenvalue weighted by molar-refractivity contribution is -0.136. The van der Waals surface area contributed by atoms with E-state index in [0.717, 1.165) is 14.4 Å². The maximum absolute atomic E-state index is 10.5. The third-order valence-electron chi connectivity index (χ3n) is 1.74. The van der Waals surface area contributed by atoms with Gasteiger partial charge in [0.25, 0.3) is 0 Å². The van der Waals surface area contributed by atoms with Crippen LogP contribution in [0.3, 0.4) is 0 Å². The number of nitrogens with zero attached hydrogens (tertiary/aromatic N) is 1. The molecule has 0 aliphatic carbocycles. The van der Waals surface area contributed by atoms with E-state index in [9.17, 15) is 4.79 Å². The summed E-state index contributed by atoms with van der Waals surface area (Å²) in [7, 11) is 0. The van der Waals surface area contributed by atoms with Crippen LogP contribution in [-0.4, -0.2) is 16.1 Å². The number of thiazole rings is 1. The van der Waals surface area contributed by atoms with Crippen LogP contribution in [-0.2, 0) is 11.2 Å². The molecule has 0 unspecified atom stereocenters. The summed E-state index contributed by atoms with van der Waals surface area (Å²) in [5, 5.41) is 11.2. The molecule has 16 heavy (non-hydrogen) atoms. The van der Waals surface area contributed by atoms with Crippen molar-refractivity contribution in [3.63, 3.8) is 0 Å². The Hall–Kier alpha value is -0.430. The SMILES string of the molecule is O=C(O)Cc1csc(-c2cc(Br)c(Cl)s2)n1. The summed E-state index contributed by atoms with van der Waals surface area (Å²) in [6, 6.07) is 1.89. The average Bonchev–Trinajstić information content (AvgIpc) is 2.74. The number of rotatable bonds is 3. The Balaban J connectivity index is 2.27. The highest BCUT2D eigenvalue weighted by Crippen LogP contribution is 2.38. The topological polar surface area (TPSA) is 50.2 Å². The Kier molecular flexibility index (Phi) is 3.63. The molecular formula is C9H5BrClNO2S2. The third-order valence-corrected chi connectivity index (χ3v) is 5.28. The second kappa shape index (κ2) is 4.83. The van der Waals surface area contributed by atoms with Crippen LogP contribution in [0.25, 0.3) is 9.88 Å². The highest BCUT2D eigenvalue weighted by Gasteiger charge is 2.11. The first kappa shape index (κ1) is 12.0. The lowest BCUT2D eigenvalue weighted by atomic mass is 10.3. The molecule has 2 heterocycles. The van der Waals surface area contributed by atoms with Crippen molar-refractivity contribution in [1.82, 2.24) is 4.98 Å². The number of halogens is 2. The molecule has 0 fully saturated rings. The largest absolute Gasteiger partial charge is 0.481 e. The number of hydrogen-bond acceptors (Lipinski definition) is 4. The molecule has 3 nitrogen and oxygen atoms in total. The van der Waals surface area contributed by atoms with E-state index in [4.69, 9.17) is 16.7 Å². The number of aromatic nitrogens is 1. The van der Waals surface area contributed by atoms with Crippen LogP contribution in [0, 0.1) is 0 Å². The van der Waals surface area contributed by atoms with Crippen molar-refractivity contribution >= 4 is 56.2 Å². The number of carboxylic acids is 1. The van der Waals surface area contributed by atoms with Crippen LogP contribution in [0.1, 0.15) is 5.69 Å². The molecule has 0 saturated carbocycles. The highest BCUT2D eigenvalue weighted by atomic mass is 79.9. The lowest BCUT2D eigenvalue weighted by Crippen LogP contribution is -1.99. The van der Waals surface area contributed by atoms with Gasteiger partial charge >= 0.3 is 5.97 Å². The van der Waals surface area contributed by atoms with Gasteiger partial charge in [-0.15, -0.1) is 22.7 Å². The molecule has 7 heteroatoms. The first-order chi connectivity index (χ1) is 7.56. The maximum Gasteiger partial charge on any atom is 0.309 e. The predicted molar refractivity (Wildman–Crippen MR) is 69.5 cm³/mol. The van der Waals surface area contributed by atoms with E-state index in [-0.39, 0.29) is 6.42 Å². The minimum atomic E-state index is -0.873. The van der Waals surface area contributed by atoms with Gasteiger partial charge in [-0.1, -0.05) is 11.6 Å². The normalized spacial score (nSPS) is 10.6. The first-order valence-electron chi connectivity index (χ1n) is 4.17. The van der Waals surface area contributed by atoms with Gasteiger partial charge in [0.1, 0.15) is 9.34 Å². The zero-order chi connectivity index (χ0) is 11.7. The van der Waals surface area contributed by atoms with Gasteiger partial charge in [-0.05, 0) is 22.0 Å². The summed E-state index contributed by atoms with van der Waals surface area (Å²) >= 11 is 12.1. The van der Waals surface area contributed by atoms with Gasteiger partial charge in [0.15, 0.2) is 0 Å². The molecule has 0 saturated heterocycles. The zero-order valence-electron chi connectivity index (χ0n) is 7.74. The third kappa shape index (κ3) is 2.63. The summed E-state index contributed by atoms with van der Waals surface area (Å²) in [5.41, 5.74) is 0.577. The summed E-state index contributed by atoms with van der Waals surface area (Å²) in [4.78, 5) is 15.7. The van der Waals surface area contributed by atoms with E-state index in [1.165, 1.54) is 22.7 Å². The van der Waals surface area contributed by atoms with Gasteiger partial charge < -0.3 is 5.11 Å². The molecule has 0 aromatic carbocycles. The molecule has 0 spiro atoms. The minimum Gasteiger partial charge on any atom is -0.481 e. The van der Waals surface area contributed by atoms with Crippen LogP contribution in [0.15, 0.2) is 15.9 Å². The van der Waals surface area contributed by atoms with Crippen molar-refractivity contribution in [2.45, 2.75) is 6.42 Å². The molecule has 0 aliphatic heterocycles. The van der Waals surface area contributed by atoms with Gasteiger partial charge in [-0.3, -0.25) is 4.79 Å². The molecule has 1 N–H and O–H groups in total. The fraction of sp³-hybridized carbons (Fsp3) is 0.111. The number of thiophene rings is 1. The van der Waals surface area contributed by atoms with Gasteiger partial charge in [-0.2, -0.15) is 0 Å². The lowest BCUT2D eigenvalue weighted by Gasteiger charge is -1.88. The molecule has 2 aromatic rings. The van der Waals surface area contributed by atoms with Gasteiger partial charge in [0.2, 0.25) is 0 Å². The maximum atomic E-state index is 10.5. The predicted octanol–water partition coefficient (Wildman–Crippen LogP) is 3.91. The number of carboxylic acid groups (broad SMARTS) is 1. The monoisotopic (exact) mass is 337 g/mol. The average molecular weight is 339 g/mol. The van der Waals surface area contributed by atoms with Gasteiger partial charge in [0.05, 0.1) is 17.0 Å². The second-order valence-electron chi connectivity index (χ2n) is 2.95. The van der Waals surface area contributed by atoms with E-state index in [0.29, 0.717) is 10.0 Å². The Labute approximate surface area is 113 Å². The molecule has 84 valence electrons. The molecule has 0 radical (unpaired) electrons. The summed E-state index contributed by atoms with van der Waals surface area (Å²) in [5.74, 6) is -0.873. The van der Waals surface area contributed by atoms with Crippen molar-refractivity contribution in [3.05, 3.63) is 25.9 Å². The zero-order valence-corrected chi connectivity index (χ0v) is 11.7. The number of carbonyl (C=O) groups is 1. The highest BCUT2D eigenvalue weighted by molar-refractivity contribution is 9.10. The Morgan fingerprint density at radius 3 is 2.94 bits per heavy atom. The molecule has 0 aliphatic rings. The van der Waals surface area contributed by atoms with Crippen molar-refractivity contribution in [1.29, 1.82) is 0 Å². The fourth-order valence-corrected chi connectivity index (χ4v) is 3.69. The minimum absolute atomic E-state index is 0.0449. The number of aliphatic carboxylic acids is 1. The van der Waals surface area contributed by atoms with E-state index in [1.54, 1.807) is 5.38 Å². The molecule has 0 amide bonds. The molecule has 2 aromatic heterocycles. The summed E-state index contributed by atoms with van der Waals surface area (Å²) in [6.07, 6.45) is -0.0449. The summed E-state index contributed by atoms with van der Waals surface area (Å²) < 4.78 is 1.51. The Morgan fingerprint density at radius 2 is 2.38 bits per heavy atom.